The molecule has 0 bridgehead atoms. The van der Waals surface area contributed by atoms with Crippen molar-refractivity contribution in [2.24, 2.45) is 4.99 Å². The number of hydrogen-bond acceptors (Lipinski definition) is 4. The first-order chi connectivity index (χ1) is 14.0. The van der Waals surface area contributed by atoms with Crippen molar-refractivity contribution in [1.29, 1.82) is 0 Å². The van der Waals surface area contributed by atoms with Crippen molar-refractivity contribution in [3.05, 3.63) is 75.4 Å². The topological polar surface area (TPSA) is 70.5 Å². The van der Waals surface area contributed by atoms with Gasteiger partial charge in [-0.05, 0) is 30.2 Å². The Balaban J connectivity index is 1.92. The van der Waals surface area contributed by atoms with Gasteiger partial charge in [0.1, 0.15) is 11.7 Å². The number of carbonyl (C=O) groups excluding carboxylic acids is 1. The van der Waals surface area contributed by atoms with Crippen LogP contribution in [-0.4, -0.2) is 28.8 Å². The molecule has 6 nitrogen and oxygen atoms in total. The highest BCUT2D eigenvalue weighted by Gasteiger charge is 2.33. The van der Waals surface area contributed by atoms with Crippen LogP contribution < -0.4 is 10.2 Å². The van der Waals surface area contributed by atoms with E-state index >= 15 is 0 Å². The molecule has 150 valence electrons. The highest BCUT2D eigenvalue weighted by molar-refractivity contribution is 6.36. The van der Waals surface area contributed by atoms with Gasteiger partial charge in [0.2, 0.25) is 5.95 Å². The molecule has 1 N–H and O–H groups in total. The lowest BCUT2D eigenvalue weighted by molar-refractivity contribution is -0.117. The SMILES string of the molecule is CC/C(Cl)=C1/C(C(=O)NCc2ccc(F)cc2Cl)=CN(c2ncccn2)C1=NC. The Morgan fingerprint density at radius 3 is 2.66 bits per heavy atom. The summed E-state index contributed by atoms with van der Waals surface area (Å²) in [5, 5.41) is 3.53. The van der Waals surface area contributed by atoms with Crippen LogP contribution in [0.25, 0.3) is 0 Å². The van der Waals surface area contributed by atoms with E-state index in [4.69, 9.17) is 23.2 Å². The Kier molecular flexibility index (Phi) is 6.61. The maximum atomic E-state index is 13.2. The molecule has 0 aliphatic carbocycles. The van der Waals surface area contributed by atoms with Crippen molar-refractivity contribution in [3.8, 4) is 0 Å². The fourth-order valence-electron chi connectivity index (χ4n) is 2.84. The lowest BCUT2D eigenvalue weighted by Gasteiger charge is -2.15. The van der Waals surface area contributed by atoms with E-state index in [2.05, 4.69) is 20.3 Å². The minimum atomic E-state index is -0.439. The summed E-state index contributed by atoms with van der Waals surface area (Å²) in [5.74, 6) is 0.0426. The molecular weight excluding hydrogens is 416 g/mol. The fourth-order valence-corrected chi connectivity index (χ4v) is 3.26. The smallest absolute Gasteiger partial charge is 0.253 e. The minimum absolute atomic E-state index is 0.132. The second-order valence-corrected chi connectivity index (χ2v) is 6.92. The number of rotatable bonds is 5. The number of nitrogens with one attached hydrogen (secondary N) is 1. The molecular formula is C20H18Cl2FN5O. The Labute approximate surface area is 177 Å². The van der Waals surface area contributed by atoms with E-state index in [1.54, 1.807) is 36.6 Å². The lowest BCUT2D eigenvalue weighted by Crippen LogP contribution is -2.26. The number of amidine groups is 1. The number of anilines is 1. The standard InChI is InChI=1S/C20H18Cl2FN5O/c1-3-15(21)17-14(11-28(18(17)24-2)20-25-7-4-8-26-20)19(29)27-10-12-5-6-13(23)9-16(12)22/h4-9,11H,3,10H2,1-2H3,(H,27,29)/b17-15+,24-18?. The number of carbonyl (C=O) groups is 1. The highest BCUT2D eigenvalue weighted by Crippen LogP contribution is 2.32. The summed E-state index contributed by atoms with van der Waals surface area (Å²) in [4.78, 5) is 27.3. The van der Waals surface area contributed by atoms with Gasteiger partial charge in [0.05, 0.1) is 5.57 Å². The van der Waals surface area contributed by atoms with Gasteiger partial charge in [0.15, 0.2) is 0 Å². The summed E-state index contributed by atoms with van der Waals surface area (Å²) in [5.41, 5.74) is 1.45. The number of allylic oxidation sites excluding steroid dienone is 1. The van der Waals surface area contributed by atoms with Crippen molar-refractivity contribution >= 4 is 40.9 Å². The van der Waals surface area contributed by atoms with Gasteiger partial charge in [-0.1, -0.05) is 36.2 Å². The first-order valence-corrected chi connectivity index (χ1v) is 9.58. The minimum Gasteiger partial charge on any atom is -0.348 e. The van der Waals surface area contributed by atoms with Crippen LogP contribution in [0.5, 0.6) is 0 Å². The van der Waals surface area contributed by atoms with E-state index in [1.165, 1.54) is 18.2 Å². The molecule has 0 atom stereocenters. The molecule has 29 heavy (non-hydrogen) atoms. The lowest BCUT2D eigenvalue weighted by atomic mass is 10.1. The predicted octanol–water partition coefficient (Wildman–Crippen LogP) is 4.22. The first-order valence-electron chi connectivity index (χ1n) is 8.82. The Bertz CT molecular complexity index is 1020. The Hall–Kier alpha value is -2.77. The van der Waals surface area contributed by atoms with Crippen molar-refractivity contribution < 1.29 is 9.18 Å². The van der Waals surface area contributed by atoms with Crippen LogP contribution in [0.4, 0.5) is 10.3 Å². The van der Waals surface area contributed by atoms with E-state index in [9.17, 15) is 9.18 Å². The zero-order chi connectivity index (χ0) is 21.0. The Morgan fingerprint density at radius 1 is 1.31 bits per heavy atom. The number of benzene rings is 1. The summed E-state index contributed by atoms with van der Waals surface area (Å²) in [6.07, 6.45) is 5.33. The quantitative estimate of drug-likeness (QED) is 0.765. The van der Waals surface area contributed by atoms with Crippen LogP contribution in [0, 0.1) is 5.82 Å². The number of halogens is 3. The van der Waals surface area contributed by atoms with Gasteiger partial charge >= 0.3 is 0 Å². The van der Waals surface area contributed by atoms with Gasteiger partial charge < -0.3 is 5.32 Å². The van der Waals surface area contributed by atoms with E-state index in [-0.39, 0.29) is 17.5 Å². The molecule has 0 saturated carbocycles. The average molecular weight is 434 g/mol. The van der Waals surface area contributed by atoms with E-state index in [0.29, 0.717) is 39.9 Å². The van der Waals surface area contributed by atoms with Crippen molar-refractivity contribution in [2.75, 3.05) is 11.9 Å². The molecule has 1 amide bonds. The van der Waals surface area contributed by atoms with Crippen LogP contribution in [0.15, 0.2) is 64.0 Å². The molecule has 2 heterocycles. The maximum absolute atomic E-state index is 13.2. The zero-order valence-electron chi connectivity index (χ0n) is 15.8. The monoisotopic (exact) mass is 433 g/mol. The van der Waals surface area contributed by atoms with E-state index in [0.717, 1.165) is 0 Å². The van der Waals surface area contributed by atoms with Crippen molar-refractivity contribution in [1.82, 2.24) is 15.3 Å². The summed E-state index contributed by atoms with van der Waals surface area (Å²) in [7, 11) is 1.61. The van der Waals surface area contributed by atoms with E-state index in [1.807, 2.05) is 6.92 Å². The molecule has 1 aromatic heterocycles. The van der Waals surface area contributed by atoms with Gasteiger partial charge in [0, 0.05) is 47.8 Å². The molecule has 9 heteroatoms. The van der Waals surface area contributed by atoms with Crippen LogP contribution >= 0.6 is 23.2 Å². The Morgan fingerprint density at radius 2 is 2.03 bits per heavy atom. The largest absolute Gasteiger partial charge is 0.348 e. The van der Waals surface area contributed by atoms with Gasteiger partial charge in [-0.3, -0.25) is 14.7 Å². The molecule has 1 aromatic carbocycles. The summed E-state index contributed by atoms with van der Waals surface area (Å²) >= 11 is 12.5. The number of aliphatic imine (C=N–C) groups is 1. The fraction of sp³-hybridized carbons (Fsp3) is 0.200. The number of hydrogen-bond donors (Lipinski definition) is 1. The van der Waals surface area contributed by atoms with Gasteiger partial charge in [0.25, 0.3) is 5.91 Å². The van der Waals surface area contributed by atoms with Crippen molar-refractivity contribution in [2.45, 2.75) is 19.9 Å². The molecule has 0 saturated heterocycles. The molecule has 0 radical (unpaired) electrons. The third-order valence-corrected chi connectivity index (χ3v) is 5.05. The van der Waals surface area contributed by atoms with Crippen LogP contribution in [-0.2, 0) is 11.3 Å². The number of nitrogens with zero attached hydrogens (tertiary/aromatic N) is 4. The van der Waals surface area contributed by atoms with E-state index < -0.39 is 5.82 Å². The first kappa shape index (κ1) is 21.0. The van der Waals surface area contributed by atoms with Gasteiger partial charge in [-0.15, -0.1) is 0 Å². The number of aromatic nitrogens is 2. The highest BCUT2D eigenvalue weighted by atomic mass is 35.5. The molecule has 1 aliphatic heterocycles. The van der Waals surface area contributed by atoms with Crippen LogP contribution in [0.1, 0.15) is 18.9 Å². The molecule has 0 spiro atoms. The molecule has 2 aromatic rings. The van der Waals surface area contributed by atoms with Crippen LogP contribution in [0.3, 0.4) is 0 Å². The second kappa shape index (κ2) is 9.15. The summed E-state index contributed by atoms with van der Waals surface area (Å²) in [6, 6.07) is 5.72. The summed E-state index contributed by atoms with van der Waals surface area (Å²) in [6.45, 7) is 2.02. The predicted molar refractivity (Wildman–Crippen MR) is 112 cm³/mol. The number of amides is 1. The molecule has 3 rings (SSSR count). The third kappa shape index (κ3) is 4.46. The summed E-state index contributed by atoms with van der Waals surface area (Å²) < 4.78 is 13.2. The molecule has 1 aliphatic rings. The molecule has 0 unspecified atom stereocenters. The van der Waals surface area contributed by atoms with Gasteiger partial charge in [-0.2, -0.15) is 0 Å². The second-order valence-electron chi connectivity index (χ2n) is 6.06. The normalized spacial score (nSPS) is 16.8. The van der Waals surface area contributed by atoms with Gasteiger partial charge in [-0.25, -0.2) is 14.4 Å². The maximum Gasteiger partial charge on any atom is 0.253 e. The van der Waals surface area contributed by atoms with Crippen molar-refractivity contribution in [3.63, 3.8) is 0 Å². The average Bonchev–Trinajstić information content (AvgIpc) is 3.12. The third-order valence-electron chi connectivity index (χ3n) is 4.24. The van der Waals surface area contributed by atoms with Crippen LogP contribution in [0.2, 0.25) is 5.02 Å². The molecule has 0 fully saturated rings. The zero-order valence-corrected chi connectivity index (χ0v) is 17.3.